The largest absolute Gasteiger partial charge is 0.265 e. The zero-order chi connectivity index (χ0) is 9.35. The molecule has 0 unspecified atom stereocenters. The highest BCUT2D eigenvalue weighted by atomic mass is 35.7. The predicted octanol–water partition coefficient (Wildman–Crippen LogP) is 1.80. The normalized spacial score (nSPS) is 11.6. The van der Waals surface area contributed by atoms with Crippen LogP contribution in [0.25, 0.3) is 0 Å². The van der Waals surface area contributed by atoms with Crippen molar-refractivity contribution in [2.24, 2.45) is 0 Å². The van der Waals surface area contributed by atoms with Crippen LogP contribution in [0.5, 0.6) is 0 Å². The molecule has 0 aliphatic heterocycles. The third-order valence-electron chi connectivity index (χ3n) is 1.05. The SMILES string of the molecule is O=S(=O)(Cl)c1cnc(Cl)cc1F. The van der Waals surface area contributed by atoms with Crippen molar-refractivity contribution in [3.63, 3.8) is 0 Å². The lowest BCUT2D eigenvalue weighted by Crippen LogP contribution is -1.96. The van der Waals surface area contributed by atoms with Crippen molar-refractivity contribution in [1.82, 2.24) is 4.98 Å². The Balaban J connectivity index is 3.39. The average Bonchev–Trinajstić information content (AvgIpc) is 1.83. The second-order valence-corrected chi connectivity index (χ2v) is 4.80. The maximum atomic E-state index is 12.8. The number of hydrogen-bond acceptors (Lipinski definition) is 3. The van der Waals surface area contributed by atoms with Crippen molar-refractivity contribution >= 4 is 31.3 Å². The molecule has 0 saturated heterocycles. The number of hydrogen-bond donors (Lipinski definition) is 0. The summed E-state index contributed by atoms with van der Waals surface area (Å²) in [6, 6.07) is 0.775. The smallest absolute Gasteiger partial charge is 0.243 e. The fraction of sp³-hybridized carbons (Fsp3) is 0. The minimum atomic E-state index is -4.07. The van der Waals surface area contributed by atoms with Gasteiger partial charge in [0.05, 0.1) is 6.20 Å². The molecule has 0 N–H and O–H groups in total. The van der Waals surface area contributed by atoms with Crippen LogP contribution >= 0.6 is 22.3 Å². The van der Waals surface area contributed by atoms with E-state index in [1.807, 2.05) is 0 Å². The van der Waals surface area contributed by atoms with Crippen LogP contribution < -0.4 is 0 Å². The lowest BCUT2D eigenvalue weighted by atomic mass is 10.5. The number of halogens is 3. The minimum Gasteiger partial charge on any atom is -0.243 e. The summed E-state index contributed by atoms with van der Waals surface area (Å²) in [5, 5.41) is -0.128. The van der Waals surface area contributed by atoms with Crippen LogP contribution in [0.2, 0.25) is 5.15 Å². The van der Waals surface area contributed by atoms with Gasteiger partial charge in [0.1, 0.15) is 15.9 Å². The molecule has 0 atom stereocenters. The molecule has 0 aliphatic carbocycles. The molecule has 0 saturated carbocycles. The highest BCUT2D eigenvalue weighted by molar-refractivity contribution is 8.13. The minimum absolute atomic E-state index is 0.128. The number of nitrogens with zero attached hydrogens (tertiary/aromatic N) is 1. The van der Waals surface area contributed by atoms with Gasteiger partial charge in [0, 0.05) is 16.7 Å². The molecule has 1 aromatic heterocycles. The standard InChI is InChI=1S/C5H2Cl2FNO2S/c6-5-1-3(8)4(2-9-5)12(7,10)11/h1-2H. The van der Waals surface area contributed by atoms with Crippen molar-refractivity contribution in [3.05, 3.63) is 23.2 Å². The van der Waals surface area contributed by atoms with Gasteiger partial charge in [0.2, 0.25) is 0 Å². The van der Waals surface area contributed by atoms with Gasteiger partial charge in [-0.25, -0.2) is 17.8 Å². The first-order chi connectivity index (χ1) is 5.41. The van der Waals surface area contributed by atoms with Crippen molar-refractivity contribution in [2.45, 2.75) is 4.90 Å². The lowest BCUT2D eigenvalue weighted by molar-refractivity contribution is 0.573. The molecular weight excluding hydrogens is 228 g/mol. The molecule has 7 heteroatoms. The summed E-state index contributed by atoms with van der Waals surface area (Å²) < 4.78 is 34.0. The fourth-order valence-corrected chi connectivity index (χ4v) is 1.53. The second-order valence-electron chi connectivity index (χ2n) is 1.88. The molecule has 0 radical (unpaired) electrons. The van der Waals surface area contributed by atoms with Crippen molar-refractivity contribution in [3.8, 4) is 0 Å². The first kappa shape index (κ1) is 9.70. The van der Waals surface area contributed by atoms with Crippen molar-refractivity contribution in [1.29, 1.82) is 0 Å². The molecule has 66 valence electrons. The Morgan fingerprint density at radius 1 is 1.50 bits per heavy atom. The van der Waals surface area contributed by atoms with Gasteiger partial charge in [-0.2, -0.15) is 0 Å². The predicted molar refractivity (Wildman–Crippen MR) is 42.2 cm³/mol. The van der Waals surface area contributed by atoms with Crippen molar-refractivity contribution < 1.29 is 12.8 Å². The molecule has 0 spiro atoms. The van der Waals surface area contributed by atoms with E-state index in [2.05, 4.69) is 4.98 Å². The van der Waals surface area contributed by atoms with Gasteiger partial charge in [-0.3, -0.25) is 0 Å². The number of pyridine rings is 1. The Kier molecular flexibility index (Phi) is 2.55. The van der Waals surface area contributed by atoms with Gasteiger partial charge in [-0.15, -0.1) is 0 Å². The maximum absolute atomic E-state index is 12.8. The van der Waals surface area contributed by atoms with E-state index in [0.717, 1.165) is 12.3 Å². The van der Waals surface area contributed by atoms with Gasteiger partial charge in [-0.05, 0) is 0 Å². The van der Waals surface area contributed by atoms with E-state index >= 15 is 0 Å². The molecule has 1 aromatic rings. The topological polar surface area (TPSA) is 47.0 Å². The highest BCUT2D eigenvalue weighted by Gasteiger charge is 2.16. The quantitative estimate of drug-likeness (QED) is 0.545. The first-order valence-electron chi connectivity index (χ1n) is 2.67. The van der Waals surface area contributed by atoms with Gasteiger partial charge in [0.25, 0.3) is 9.05 Å². The summed E-state index contributed by atoms with van der Waals surface area (Å²) in [7, 11) is 0.791. The van der Waals surface area contributed by atoms with Gasteiger partial charge < -0.3 is 0 Å². The summed E-state index contributed by atoms with van der Waals surface area (Å²) in [5.41, 5.74) is 0. The average molecular weight is 230 g/mol. The molecule has 3 nitrogen and oxygen atoms in total. The molecule has 0 fully saturated rings. The molecule has 0 amide bonds. The molecule has 0 bridgehead atoms. The molecule has 0 aromatic carbocycles. The van der Waals surface area contributed by atoms with Gasteiger partial charge in [0.15, 0.2) is 0 Å². The van der Waals surface area contributed by atoms with Gasteiger partial charge in [-0.1, -0.05) is 11.6 Å². The van der Waals surface area contributed by atoms with Crippen LogP contribution in [0.15, 0.2) is 17.2 Å². The van der Waals surface area contributed by atoms with E-state index in [-0.39, 0.29) is 5.15 Å². The highest BCUT2D eigenvalue weighted by Crippen LogP contribution is 2.19. The molecule has 1 heterocycles. The summed E-state index contributed by atoms with van der Waals surface area (Å²) in [6.07, 6.45) is 0.764. The maximum Gasteiger partial charge on any atom is 0.265 e. The van der Waals surface area contributed by atoms with Crippen LogP contribution in [0.1, 0.15) is 0 Å². The van der Waals surface area contributed by atoms with E-state index < -0.39 is 19.8 Å². The Morgan fingerprint density at radius 2 is 2.08 bits per heavy atom. The van der Waals surface area contributed by atoms with E-state index in [0.29, 0.717) is 0 Å². The monoisotopic (exact) mass is 229 g/mol. The molecule has 12 heavy (non-hydrogen) atoms. The molecule has 1 rings (SSSR count). The Hall–Kier alpha value is -0.390. The lowest BCUT2D eigenvalue weighted by Gasteiger charge is -1.96. The summed E-state index contributed by atoms with van der Waals surface area (Å²) in [6.45, 7) is 0. The van der Waals surface area contributed by atoms with E-state index in [4.69, 9.17) is 22.3 Å². The van der Waals surface area contributed by atoms with E-state index in [9.17, 15) is 12.8 Å². The van der Waals surface area contributed by atoms with Crippen LogP contribution in [0.4, 0.5) is 4.39 Å². The van der Waals surface area contributed by atoms with Crippen LogP contribution in [0, 0.1) is 5.82 Å². The second kappa shape index (κ2) is 3.16. The summed E-state index contributed by atoms with van der Waals surface area (Å²) in [4.78, 5) is 2.70. The Morgan fingerprint density at radius 3 is 2.50 bits per heavy atom. The first-order valence-corrected chi connectivity index (χ1v) is 5.35. The third-order valence-corrected chi connectivity index (χ3v) is 2.58. The molecular formula is C5H2Cl2FNO2S. The third kappa shape index (κ3) is 2.06. The Labute approximate surface area is 77.6 Å². The zero-order valence-corrected chi connectivity index (χ0v) is 7.79. The van der Waals surface area contributed by atoms with Crippen LogP contribution in [-0.4, -0.2) is 13.4 Å². The van der Waals surface area contributed by atoms with Gasteiger partial charge >= 0.3 is 0 Å². The fourth-order valence-electron chi connectivity index (χ4n) is 0.574. The Bertz CT molecular complexity index is 406. The zero-order valence-electron chi connectivity index (χ0n) is 5.46. The summed E-state index contributed by atoms with van der Waals surface area (Å²) in [5.74, 6) is -1.01. The van der Waals surface area contributed by atoms with E-state index in [1.54, 1.807) is 0 Å². The van der Waals surface area contributed by atoms with E-state index in [1.165, 1.54) is 0 Å². The molecule has 0 aliphatic rings. The van der Waals surface area contributed by atoms with Crippen LogP contribution in [0.3, 0.4) is 0 Å². The van der Waals surface area contributed by atoms with Crippen LogP contribution in [-0.2, 0) is 9.05 Å². The number of rotatable bonds is 1. The number of aromatic nitrogens is 1. The summed E-state index contributed by atoms with van der Waals surface area (Å²) >= 11 is 5.28. The van der Waals surface area contributed by atoms with Crippen molar-refractivity contribution in [2.75, 3.05) is 0 Å².